The van der Waals surface area contributed by atoms with Gasteiger partial charge in [-0.25, -0.2) is 0 Å². The fourth-order valence-corrected chi connectivity index (χ4v) is 1.33. The minimum atomic E-state index is -0.503. The summed E-state index contributed by atoms with van der Waals surface area (Å²) in [7, 11) is 1.58. The maximum Gasteiger partial charge on any atom is 0.258 e. The van der Waals surface area contributed by atoms with Gasteiger partial charge in [0.1, 0.15) is 5.75 Å². The van der Waals surface area contributed by atoms with Crippen LogP contribution in [0.1, 0.15) is 18.6 Å². The molecule has 5 nitrogen and oxygen atoms in total. The third kappa shape index (κ3) is 5.16. The molecular formula is C13H19NO4. The van der Waals surface area contributed by atoms with Gasteiger partial charge in [-0.15, -0.1) is 0 Å². The van der Waals surface area contributed by atoms with Crippen molar-refractivity contribution in [3.05, 3.63) is 29.8 Å². The van der Waals surface area contributed by atoms with Crippen LogP contribution in [0.25, 0.3) is 0 Å². The van der Waals surface area contributed by atoms with E-state index < -0.39 is 6.10 Å². The molecule has 0 fully saturated rings. The van der Waals surface area contributed by atoms with Crippen LogP contribution in [0, 0.1) is 0 Å². The number of rotatable bonds is 7. The number of hydrogen-bond acceptors (Lipinski definition) is 4. The van der Waals surface area contributed by atoms with Crippen molar-refractivity contribution in [1.82, 2.24) is 5.32 Å². The van der Waals surface area contributed by atoms with Crippen molar-refractivity contribution in [2.24, 2.45) is 0 Å². The molecule has 0 bridgehead atoms. The van der Waals surface area contributed by atoms with Crippen molar-refractivity contribution >= 4 is 5.91 Å². The van der Waals surface area contributed by atoms with Crippen molar-refractivity contribution < 1.29 is 19.4 Å². The van der Waals surface area contributed by atoms with Crippen LogP contribution in [0.4, 0.5) is 0 Å². The molecule has 0 heterocycles. The van der Waals surface area contributed by atoms with Gasteiger partial charge in [0.25, 0.3) is 5.91 Å². The minimum Gasteiger partial charge on any atom is -0.484 e. The van der Waals surface area contributed by atoms with E-state index >= 15 is 0 Å². The van der Waals surface area contributed by atoms with Gasteiger partial charge in [-0.2, -0.15) is 0 Å². The first-order chi connectivity index (χ1) is 8.63. The topological polar surface area (TPSA) is 67.8 Å². The molecular weight excluding hydrogens is 234 g/mol. The first kappa shape index (κ1) is 14.5. The number of aliphatic hydroxyl groups excluding tert-OH is 1. The molecule has 0 saturated heterocycles. The highest BCUT2D eigenvalue weighted by molar-refractivity contribution is 5.77. The van der Waals surface area contributed by atoms with Gasteiger partial charge in [0.05, 0.1) is 12.7 Å². The first-order valence-electron chi connectivity index (χ1n) is 5.80. The molecule has 1 atom stereocenters. The number of amides is 1. The highest BCUT2D eigenvalue weighted by Gasteiger charge is 2.03. The smallest absolute Gasteiger partial charge is 0.258 e. The molecule has 2 N–H and O–H groups in total. The monoisotopic (exact) mass is 253 g/mol. The van der Waals surface area contributed by atoms with Crippen LogP contribution in [0.15, 0.2) is 24.3 Å². The van der Waals surface area contributed by atoms with Crippen LogP contribution in [-0.2, 0) is 9.53 Å². The number of ether oxygens (including phenoxy) is 2. The molecule has 0 aliphatic rings. The summed E-state index contributed by atoms with van der Waals surface area (Å²) in [6, 6.07) is 6.99. The summed E-state index contributed by atoms with van der Waals surface area (Å²) in [6.45, 7) is 2.62. The van der Waals surface area contributed by atoms with Crippen molar-refractivity contribution in [1.29, 1.82) is 0 Å². The van der Waals surface area contributed by atoms with Crippen LogP contribution < -0.4 is 10.1 Å². The number of nitrogens with one attached hydrogen (secondary N) is 1. The van der Waals surface area contributed by atoms with E-state index in [4.69, 9.17) is 9.47 Å². The Morgan fingerprint density at radius 1 is 1.39 bits per heavy atom. The molecule has 1 aromatic rings. The lowest BCUT2D eigenvalue weighted by atomic mass is 10.1. The Labute approximate surface area is 107 Å². The Balaban J connectivity index is 2.32. The fourth-order valence-electron chi connectivity index (χ4n) is 1.33. The first-order valence-corrected chi connectivity index (χ1v) is 5.80. The Kier molecular flexibility index (Phi) is 6.18. The fraction of sp³-hybridized carbons (Fsp3) is 0.462. The van der Waals surface area contributed by atoms with Gasteiger partial charge in [0, 0.05) is 13.7 Å². The van der Waals surface area contributed by atoms with E-state index in [1.807, 2.05) is 0 Å². The zero-order valence-corrected chi connectivity index (χ0v) is 10.7. The average molecular weight is 253 g/mol. The molecule has 1 aromatic carbocycles. The standard InChI is InChI=1S/C13H19NO4/c1-10(15)11-3-5-12(6-4-11)18-9-13(16)14-7-8-17-2/h3-6,10,15H,7-9H2,1-2H3,(H,14,16)/t10-/m0/s1. The maximum atomic E-state index is 11.3. The lowest BCUT2D eigenvalue weighted by Crippen LogP contribution is -2.31. The summed E-state index contributed by atoms with van der Waals surface area (Å²) in [5, 5.41) is 12.0. The van der Waals surface area contributed by atoms with E-state index in [1.54, 1.807) is 38.3 Å². The highest BCUT2D eigenvalue weighted by atomic mass is 16.5. The van der Waals surface area contributed by atoms with Crippen LogP contribution in [0.2, 0.25) is 0 Å². The predicted octanol–water partition coefficient (Wildman–Crippen LogP) is 0.881. The van der Waals surface area contributed by atoms with Crippen molar-refractivity contribution in [2.45, 2.75) is 13.0 Å². The lowest BCUT2D eigenvalue weighted by Gasteiger charge is -2.08. The molecule has 0 radical (unpaired) electrons. The number of carbonyl (C=O) groups excluding carboxylic acids is 1. The summed E-state index contributed by atoms with van der Waals surface area (Å²) in [5.41, 5.74) is 0.812. The van der Waals surface area contributed by atoms with Crippen LogP contribution >= 0.6 is 0 Å². The van der Waals surface area contributed by atoms with E-state index in [-0.39, 0.29) is 12.5 Å². The van der Waals surface area contributed by atoms with Crippen molar-refractivity contribution in [3.8, 4) is 5.75 Å². The Morgan fingerprint density at radius 3 is 2.61 bits per heavy atom. The molecule has 0 aliphatic heterocycles. The van der Waals surface area contributed by atoms with Crippen molar-refractivity contribution in [2.75, 3.05) is 26.9 Å². The Bertz CT molecular complexity index is 362. The molecule has 1 amide bonds. The minimum absolute atomic E-state index is 0.0300. The zero-order valence-electron chi connectivity index (χ0n) is 10.7. The van der Waals surface area contributed by atoms with Gasteiger partial charge in [-0.1, -0.05) is 12.1 Å². The summed E-state index contributed by atoms with van der Waals surface area (Å²) < 4.78 is 10.1. The quantitative estimate of drug-likeness (QED) is 0.708. The Hall–Kier alpha value is -1.59. The number of carbonyl (C=O) groups is 1. The third-order valence-corrected chi connectivity index (χ3v) is 2.36. The summed E-state index contributed by atoms with van der Waals surface area (Å²) in [4.78, 5) is 11.3. The van der Waals surface area contributed by atoms with E-state index in [2.05, 4.69) is 5.32 Å². The van der Waals surface area contributed by atoms with Crippen LogP contribution in [0.3, 0.4) is 0 Å². The van der Waals surface area contributed by atoms with E-state index in [9.17, 15) is 9.90 Å². The summed E-state index contributed by atoms with van der Waals surface area (Å²) in [6.07, 6.45) is -0.503. The molecule has 0 spiro atoms. The van der Waals surface area contributed by atoms with Crippen LogP contribution in [0.5, 0.6) is 5.75 Å². The lowest BCUT2D eigenvalue weighted by molar-refractivity contribution is -0.123. The SMILES string of the molecule is COCCNC(=O)COc1ccc([C@H](C)O)cc1. The predicted molar refractivity (Wildman–Crippen MR) is 67.5 cm³/mol. The normalized spacial score (nSPS) is 11.9. The van der Waals surface area contributed by atoms with E-state index in [0.717, 1.165) is 5.56 Å². The van der Waals surface area contributed by atoms with Gasteiger partial charge in [-0.05, 0) is 24.6 Å². The van der Waals surface area contributed by atoms with E-state index in [1.165, 1.54) is 0 Å². The maximum absolute atomic E-state index is 11.3. The van der Waals surface area contributed by atoms with Crippen molar-refractivity contribution in [3.63, 3.8) is 0 Å². The van der Waals surface area contributed by atoms with Gasteiger partial charge < -0.3 is 19.9 Å². The molecule has 0 aromatic heterocycles. The molecule has 1 rings (SSSR count). The second kappa shape index (κ2) is 7.68. The highest BCUT2D eigenvalue weighted by Crippen LogP contribution is 2.16. The molecule has 0 unspecified atom stereocenters. The Morgan fingerprint density at radius 2 is 2.06 bits per heavy atom. The second-order valence-electron chi connectivity index (χ2n) is 3.88. The van der Waals surface area contributed by atoms with Gasteiger partial charge in [-0.3, -0.25) is 4.79 Å². The van der Waals surface area contributed by atoms with Gasteiger partial charge >= 0.3 is 0 Å². The van der Waals surface area contributed by atoms with Gasteiger partial charge in [0.2, 0.25) is 0 Å². The molecule has 0 aliphatic carbocycles. The number of aliphatic hydroxyl groups is 1. The molecule has 100 valence electrons. The largest absolute Gasteiger partial charge is 0.484 e. The van der Waals surface area contributed by atoms with Gasteiger partial charge in [0.15, 0.2) is 6.61 Å². The summed E-state index contributed by atoms with van der Waals surface area (Å²) in [5.74, 6) is 0.410. The zero-order chi connectivity index (χ0) is 13.4. The summed E-state index contributed by atoms with van der Waals surface area (Å²) >= 11 is 0. The molecule has 18 heavy (non-hydrogen) atoms. The average Bonchev–Trinajstić information content (AvgIpc) is 2.37. The number of hydrogen-bond donors (Lipinski definition) is 2. The number of benzene rings is 1. The third-order valence-electron chi connectivity index (χ3n) is 2.36. The van der Waals surface area contributed by atoms with E-state index in [0.29, 0.717) is 18.9 Å². The molecule has 5 heteroatoms. The molecule has 0 saturated carbocycles. The second-order valence-corrected chi connectivity index (χ2v) is 3.88. The number of methoxy groups -OCH3 is 1. The van der Waals surface area contributed by atoms with Crippen LogP contribution in [-0.4, -0.2) is 37.9 Å².